The number of carbonyl (C=O) groups is 1. The van der Waals surface area contributed by atoms with Crippen LogP contribution in [0.1, 0.15) is 35.8 Å². The number of benzene rings is 1. The lowest BCUT2D eigenvalue weighted by Crippen LogP contribution is -2.21. The predicted molar refractivity (Wildman–Crippen MR) is 92.5 cm³/mol. The van der Waals surface area contributed by atoms with E-state index in [2.05, 4.69) is 15.1 Å². The number of sulfonamides is 1. The third-order valence-corrected chi connectivity index (χ3v) is 5.82. The van der Waals surface area contributed by atoms with E-state index < -0.39 is 15.9 Å². The van der Waals surface area contributed by atoms with Gasteiger partial charge in [-0.15, -0.1) is 0 Å². The van der Waals surface area contributed by atoms with Crippen molar-refractivity contribution in [3.63, 3.8) is 0 Å². The summed E-state index contributed by atoms with van der Waals surface area (Å²) in [5.41, 5.74) is 1.55. The van der Waals surface area contributed by atoms with E-state index in [-0.39, 0.29) is 16.5 Å². The molecule has 1 heterocycles. The standard InChI is InChI=1S/C16H20N4O3S/c1-3-11-10-15(18-20(11)2)17-16(21)13-6-4-5-7-14(13)19-24(22,23)12-8-9-12/h4-7,10,12,19H,3,8-9H2,1-2H3,(H,17,18,21). The van der Waals surface area contributed by atoms with Crippen LogP contribution in [0.15, 0.2) is 30.3 Å². The molecule has 0 atom stereocenters. The van der Waals surface area contributed by atoms with Crippen molar-refractivity contribution in [1.82, 2.24) is 9.78 Å². The quantitative estimate of drug-likeness (QED) is 0.836. The first kappa shape index (κ1) is 16.5. The number of nitrogens with one attached hydrogen (secondary N) is 2. The lowest BCUT2D eigenvalue weighted by Gasteiger charge is -2.11. The van der Waals surface area contributed by atoms with E-state index in [0.29, 0.717) is 18.7 Å². The molecule has 1 amide bonds. The van der Waals surface area contributed by atoms with Crippen LogP contribution in [0.5, 0.6) is 0 Å². The fraction of sp³-hybridized carbons (Fsp3) is 0.375. The van der Waals surface area contributed by atoms with Crippen LogP contribution in [0.25, 0.3) is 0 Å². The van der Waals surface area contributed by atoms with Gasteiger partial charge in [0.15, 0.2) is 5.82 Å². The van der Waals surface area contributed by atoms with E-state index in [1.807, 2.05) is 14.0 Å². The van der Waals surface area contributed by atoms with Gasteiger partial charge in [-0.05, 0) is 31.4 Å². The Morgan fingerprint density at radius 2 is 2.04 bits per heavy atom. The zero-order valence-corrected chi connectivity index (χ0v) is 14.4. The van der Waals surface area contributed by atoms with Gasteiger partial charge in [0, 0.05) is 18.8 Å². The second kappa shape index (κ2) is 6.27. The van der Waals surface area contributed by atoms with Gasteiger partial charge < -0.3 is 5.32 Å². The number of hydrogen-bond donors (Lipinski definition) is 2. The molecule has 1 fully saturated rings. The molecule has 0 spiro atoms. The topological polar surface area (TPSA) is 93.1 Å². The summed E-state index contributed by atoms with van der Waals surface area (Å²) in [6, 6.07) is 8.36. The molecule has 2 N–H and O–H groups in total. The lowest BCUT2D eigenvalue weighted by atomic mass is 10.1. The highest BCUT2D eigenvalue weighted by molar-refractivity contribution is 7.93. The number of aromatic nitrogens is 2. The van der Waals surface area contributed by atoms with Crippen LogP contribution in [0, 0.1) is 0 Å². The normalized spacial score (nSPS) is 14.4. The van der Waals surface area contributed by atoms with Crippen molar-refractivity contribution in [1.29, 1.82) is 0 Å². The minimum atomic E-state index is -3.43. The molecular formula is C16H20N4O3S. The highest BCUT2D eigenvalue weighted by Gasteiger charge is 2.36. The molecule has 24 heavy (non-hydrogen) atoms. The third kappa shape index (κ3) is 3.43. The minimum Gasteiger partial charge on any atom is -0.305 e. The van der Waals surface area contributed by atoms with Crippen LogP contribution in [0.3, 0.4) is 0 Å². The summed E-state index contributed by atoms with van der Waals surface area (Å²) >= 11 is 0. The number of hydrogen-bond acceptors (Lipinski definition) is 4. The average molecular weight is 348 g/mol. The van der Waals surface area contributed by atoms with E-state index in [4.69, 9.17) is 0 Å². The molecule has 1 aromatic carbocycles. The number of amides is 1. The Morgan fingerprint density at radius 1 is 1.33 bits per heavy atom. The van der Waals surface area contributed by atoms with Gasteiger partial charge in [0.1, 0.15) is 0 Å². The molecule has 1 saturated carbocycles. The molecular weight excluding hydrogens is 328 g/mol. The first-order valence-electron chi connectivity index (χ1n) is 7.85. The van der Waals surface area contributed by atoms with E-state index in [1.165, 1.54) is 0 Å². The summed E-state index contributed by atoms with van der Waals surface area (Å²) in [4.78, 5) is 12.5. The van der Waals surface area contributed by atoms with Gasteiger partial charge in [-0.25, -0.2) is 8.42 Å². The van der Waals surface area contributed by atoms with E-state index in [1.54, 1.807) is 35.0 Å². The number of rotatable bonds is 6. The molecule has 3 rings (SSSR count). The van der Waals surface area contributed by atoms with Crippen molar-refractivity contribution in [2.45, 2.75) is 31.4 Å². The molecule has 0 unspecified atom stereocenters. The molecule has 0 saturated heterocycles. The molecule has 0 bridgehead atoms. The molecule has 8 heteroatoms. The fourth-order valence-corrected chi connectivity index (χ4v) is 3.87. The number of nitrogens with zero attached hydrogens (tertiary/aromatic N) is 2. The summed E-state index contributed by atoms with van der Waals surface area (Å²) in [5.74, 6) is 0.0454. The second-order valence-corrected chi connectivity index (χ2v) is 7.81. The van der Waals surface area contributed by atoms with Crippen molar-refractivity contribution in [3.05, 3.63) is 41.6 Å². The van der Waals surface area contributed by atoms with Gasteiger partial charge in [0.2, 0.25) is 10.0 Å². The Morgan fingerprint density at radius 3 is 2.67 bits per heavy atom. The van der Waals surface area contributed by atoms with Gasteiger partial charge in [-0.3, -0.25) is 14.2 Å². The highest BCUT2D eigenvalue weighted by atomic mass is 32.2. The molecule has 2 aromatic rings. The van der Waals surface area contributed by atoms with Crippen LogP contribution in [0.2, 0.25) is 0 Å². The van der Waals surface area contributed by atoms with Gasteiger partial charge in [-0.1, -0.05) is 19.1 Å². The first-order valence-corrected chi connectivity index (χ1v) is 9.40. The largest absolute Gasteiger partial charge is 0.305 e. The van der Waals surface area contributed by atoms with Gasteiger partial charge in [0.25, 0.3) is 5.91 Å². The minimum absolute atomic E-state index is 0.269. The Kier molecular flexibility index (Phi) is 4.31. The van der Waals surface area contributed by atoms with E-state index in [9.17, 15) is 13.2 Å². The summed E-state index contributed by atoms with van der Waals surface area (Å²) in [6.07, 6.45) is 2.13. The average Bonchev–Trinajstić information content (AvgIpc) is 3.33. The maximum atomic E-state index is 12.5. The van der Waals surface area contributed by atoms with Crippen LogP contribution in [0.4, 0.5) is 11.5 Å². The van der Waals surface area contributed by atoms with Crippen LogP contribution < -0.4 is 10.0 Å². The monoisotopic (exact) mass is 348 g/mol. The molecule has 128 valence electrons. The second-order valence-electron chi connectivity index (χ2n) is 5.84. The zero-order valence-electron chi connectivity index (χ0n) is 13.6. The van der Waals surface area contributed by atoms with Crippen molar-refractivity contribution in [2.24, 2.45) is 7.05 Å². The van der Waals surface area contributed by atoms with Crippen LogP contribution in [-0.2, 0) is 23.5 Å². The summed E-state index contributed by atoms with van der Waals surface area (Å²) in [5, 5.41) is 6.60. The Labute approximate surface area is 141 Å². The lowest BCUT2D eigenvalue weighted by molar-refractivity contribution is 0.102. The summed E-state index contributed by atoms with van der Waals surface area (Å²) < 4.78 is 28.5. The van der Waals surface area contributed by atoms with E-state index in [0.717, 1.165) is 12.1 Å². The summed E-state index contributed by atoms with van der Waals surface area (Å²) in [6.45, 7) is 2.00. The third-order valence-electron chi connectivity index (χ3n) is 3.97. The Hall–Kier alpha value is -2.35. The van der Waals surface area contributed by atoms with Crippen LogP contribution >= 0.6 is 0 Å². The number of aryl methyl sites for hydroxylation is 2. The first-order chi connectivity index (χ1) is 11.4. The van der Waals surface area contributed by atoms with Crippen molar-refractivity contribution in [2.75, 3.05) is 10.0 Å². The molecule has 0 aliphatic heterocycles. The predicted octanol–water partition coefficient (Wildman–Crippen LogP) is 2.14. The molecule has 1 aromatic heterocycles. The van der Waals surface area contributed by atoms with Gasteiger partial charge >= 0.3 is 0 Å². The smallest absolute Gasteiger partial charge is 0.258 e. The maximum Gasteiger partial charge on any atom is 0.258 e. The maximum absolute atomic E-state index is 12.5. The summed E-state index contributed by atoms with van der Waals surface area (Å²) in [7, 11) is -1.61. The molecule has 7 nitrogen and oxygen atoms in total. The highest BCUT2D eigenvalue weighted by Crippen LogP contribution is 2.30. The van der Waals surface area contributed by atoms with Crippen molar-refractivity contribution < 1.29 is 13.2 Å². The zero-order chi connectivity index (χ0) is 17.3. The number of anilines is 2. The number of carbonyl (C=O) groups excluding carboxylic acids is 1. The Balaban J connectivity index is 1.81. The Bertz CT molecular complexity index is 869. The van der Waals surface area contributed by atoms with Crippen molar-refractivity contribution >= 4 is 27.4 Å². The fourth-order valence-electron chi connectivity index (χ4n) is 2.47. The van der Waals surface area contributed by atoms with E-state index >= 15 is 0 Å². The SMILES string of the molecule is CCc1cc(NC(=O)c2ccccc2NS(=O)(=O)C2CC2)nn1C. The van der Waals surface area contributed by atoms with Gasteiger partial charge in [0.05, 0.1) is 16.5 Å². The molecule has 1 aliphatic carbocycles. The number of para-hydroxylation sites is 1. The van der Waals surface area contributed by atoms with Gasteiger partial charge in [-0.2, -0.15) is 5.10 Å². The molecule has 0 radical (unpaired) electrons. The van der Waals surface area contributed by atoms with Crippen LogP contribution in [-0.4, -0.2) is 29.4 Å². The molecule has 1 aliphatic rings. The van der Waals surface area contributed by atoms with Crippen molar-refractivity contribution in [3.8, 4) is 0 Å².